The minimum Gasteiger partial charge on any atom is -0.265 e. The van der Waals surface area contributed by atoms with E-state index in [9.17, 15) is 8.42 Å². The zero-order valence-electron chi connectivity index (χ0n) is 4.53. The molecule has 0 aliphatic carbocycles. The largest absolute Gasteiger partial charge is 0.265 e. The third-order valence-corrected chi connectivity index (χ3v) is 1.09. The van der Waals surface area contributed by atoms with Crippen LogP contribution in [0.4, 0.5) is 0 Å². The topological polar surface area (TPSA) is 43.4 Å². The Hall–Kier alpha value is -0.350. The van der Waals surface area contributed by atoms with Crippen LogP contribution in [0.1, 0.15) is 6.92 Å². The summed E-state index contributed by atoms with van der Waals surface area (Å²) in [6, 6.07) is 0. The Morgan fingerprint density at radius 3 is 2.38 bits per heavy atom. The lowest BCUT2D eigenvalue weighted by Crippen LogP contribution is -2.00. The van der Waals surface area contributed by atoms with Crippen LogP contribution in [0.2, 0.25) is 0 Å². The van der Waals surface area contributed by atoms with Gasteiger partial charge in [0.05, 0.1) is 6.10 Å². The van der Waals surface area contributed by atoms with Crippen LogP contribution in [0.3, 0.4) is 0 Å². The van der Waals surface area contributed by atoms with Crippen molar-refractivity contribution in [3.8, 4) is 0 Å². The van der Waals surface area contributed by atoms with Crippen molar-refractivity contribution in [2.45, 2.75) is 13.0 Å². The van der Waals surface area contributed by atoms with E-state index in [-0.39, 0.29) is 0 Å². The molecule has 0 N–H and O–H groups in total. The van der Waals surface area contributed by atoms with Gasteiger partial charge in [0.1, 0.15) is 0 Å². The van der Waals surface area contributed by atoms with Crippen LogP contribution < -0.4 is 0 Å². The van der Waals surface area contributed by atoms with E-state index in [2.05, 4.69) is 10.8 Å². The standard InChI is InChI=1S/C4H8O3S/c1-3-4(2)7-8(5)6/h3-4,8H,1H2,2H3. The smallest absolute Gasteiger partial charge is 0.257 e. The summed E-state index contributed by atoms with van der Waals surface area (Å²) in [6.45, 7) is 4.92. The van der Waals surface area contributed by atoms with Gasteiger partial charge >= 0.3 is 0 Å². The molecule has 0 saturated carbocycles. The van der Waals surface area contributed by atoms with E-state index in [4.69, 9.17) is 0 Å². The molecule has 4 heteroatoms. The fourth-order valence-corrected chi connectivity index (χ4v) is 0.536. The predicted molar refractivity (Wildman–Crippen MR) is 31.1 cm³/mol. The van der Waals surface area contributed by atoms with Crippen LogP contribution >= 0.6 is 0 Å². The molecule has 0 bridgehead atoms. The van der Waals surface area contributed by atoms with Gasteiger partial charge in [-0.05, 0) is 6.92 Å². The Kier molecular flexibility index (Phi) is 3.47. The van der Waals surface area contributed by atoms with E-state index < -0.39 is 17.1 Å². The molecule has 0 rings (SSSR count). The summed E-state index contributed by atoms with van der Waals surface area (Å²) in [5.74, 6) is 0. The SMILES string of the molecule is C=CC(C)O[SH](=O)=O. The first-order valence-corrected chi connectivity index (χ1v) is 3.20. The van der Waals surface area contributed by atoms with E-state index in [1.165, 1.54) is 6.08 Å². The van der Waals surface area contributed by atoms with Gasteiger partial charge in [-0.1, -0.05) is 6.08 Å². The average molecular weight is 136 g/mol. The average Bonchev–Trinajstić information content (AvgIpc) is 1.65. The second-order valence-corrected chi connectivity index (χ2v) is 1.93. The fourth-order valence-electron chi connectivity index (χ4n) is 0.179. The summed E-state index contributed by atoms with van der Waals surface area (Å²) in [4.78, 5) is 0. The summed E-state index contributed by atoms with van der Waals surface area (Å²) in [7, 11) is -2.72. The lowest BCUT2D eigenvalue weighted by molar-refractivity contribution is 0.288. The van der Waals surface area contributed by atoms with Crippen molar-refractivity contribution < 1.29 is 12.6 Å². The molecule has 0 fully saturated rings. The first-order valence-electron chi connectivity index (χ1n) is 2.10. The summed E-state index contributed by atoms with van der Waals surface area (Å²) >= 11 is 0. The van der Waals surface area contributed by atoms with E-state index in [1.54, 1.807) is 6.92 Å². The van der Waals surface area contributed by atoms with Crippen LogP contribution in [0, 0.1) is 0 Å². The van der Waals surface area contributed by atoms with Gasteiger partial charge in [0.15, 0.2) is 0 Å². The molecule has 3 nitrogen and oxygen atoms in total. The Morgan fingerprint density at radius 2 is 2.25 bits per heavy atom. The Bertz CT molecular complexity index is 130. The van der Waals surface area contributed by atoms with Crippen molar-refractivity contribution >= 4 is 11.0 Å². The van der Waals surface area contributed by atoms with E-state index in [0.29, 0.717) is 0 Å². The molecule has 48 valence electrons. The maximum absolute atomic E-state index is 9.74. The maximum Gasteiger partial charge on any atom is 0.257 e. The fraction of sp³-hybridized carbons (Fsp3) is 0.500. The molecule has 0 aliphatic rings. The molecule has 0 aromatic carbocycles. The summed E-state index contributed by atoms with van der Waals surface area (Å²) in [6.07, 6.45) is 1.00. The Labute approximate surface area is 50.1 Å². The first-order chi connectivity index (χ1) is 3.66. The highest BCUT2D eigenvalue weighted by atomic mass is 32.2. The van der Waals surface area contributed by atoms with Gasteiger partial charge < -0.3 is 0 Å². The molecule has 0 aromatic heterocycles. The van der Waals surface area contributed by atoms with Gasteiger partial charge in [-0.3, -0.25) is 4.18 Å². The number of hydrogen-bond acceptors (Lipinski definition) is 3. The van der Waals surface area contributed by atoms with Crippen LogP contribution in [0.5, 0.6) is 0 Å². The van der Waals surface area contributed by atoms with Crippen molar-refractivity contribution in [2.24, 2.45) is 0 Å². The summed E-state index contributed by atoms with van der Waals surface area (Å²) in [5.41, 5.74) is 0. The van der Waals surface area contributed by atoms with Gasteiger partial charge in [0, 0.05) is 0 Å². The quantitative estimate of drug-likeness (QED) is 0.442. The van der Waals surface area contributed by atoms with E-state index >= 15 is 0 Å². The second-order valence-electron chi connectivity index (χ2n) is 1.27. The molecular formula is C4H8O3S. The zero-order valence-corrected chi connectivity index (χ0v) is 5.43. The number of hydrogen-bond donors (Lipinski definition) is 1. The lowest BCUT2D eigenvalue weighted by atomic mass is 10.4. The molecule has 0 aliphatic heterocycles. The van der Waals surface area contributed by atoms with Gasteiger partial charge in [-0.15, -0.1) is 6.58 Å². The molecule has 1 atom stereocenters. The molecule has 8 heavy (non-hydrogen) atoms. The zero-order chi connectivity index (χ0) is 6.57. The van der Waals surface area contributed by atoms with Crippen molar-refractivity contribution in [2.75, 3.05) is 0 Å². The predicted octanol–water partition coefficient (Wildman–Crippen LogP) is 0.104. The second kappa shape index (κ2) is 3.63. The van der Waals surface area contributed by atoms with Crippen molar-refractivity contribution in [3.05, 3.63) is 12.7 Å². The monoisotopic (exact) mass is 136 g/mol. The molecule has 1 unspecified atom stereocenters. The molecular weight excluding hydrogens is 128 g/mol. The summed E-state index contributed by atoms with van der Waals surface area (Å²) < 4.78 is 23.7. The third kappa shape index (κ3) is 3.83. The highest BCUT2D eigenvalue weighted by Gasteiger charge is 1.92. The van der Waals surface area contributed by atoms with Crippen molar-refractivity contribution in [1.82, 2.24) is 0 Å². The van der Waals surface area contributed by atoms with Crippen LogP contribution in [-0.4, -0.2) is 14.5 Å². The molecule has 0 saturated heterocycles. The lowest BCUT2D eigenvalue weighted by Gasteiger charge is -1.96. The van der Waals surface area contributed by atoms with Gasteiger partial charge in [0.25, 0.3) is 11.0 Å². The van der Waals surface area contributed by atoms with Gasteiger partial charge in [-0.2, -0.15) is 0 Å². The van der Waals surface area contributed by atoms with Gasteiger partial charge in [0.2, 0.25) is 0 Å². The minimum absolute atomic E-state index is 0.406. The highest BCUT2D eigenvalue weighted by Crippen LogP contribution is 1.88. The number of rotatable bonds is 3. The normalized spacial score (nSPS) is 13.8. The first kappa shape index (κ1) is 7.65. The van der Waals surface area contributed by atoms with E-state index in [1.807, 2.05) is 0 Å². The Balaban J connectivity index is 3.54. The third-order valence-electron chi connectivity index (χ3n) is 0.584. The van der Waals surface area contributed by atoms with Crippen LogP contribution in [0.25, 0.3) is 0 Å². The van der Waals surface area contributed by atoms with Crippen LogP contribution in [0.15, 0.2) is 12.7 Å². The minimum atomic E-state index is -2.72. The molecule has 0 heterocycles. The maximum atomic E-state index is 9.74. The molecule has 0 amide bonds. The molecule has 0 aromatic rings. The van der Waals surface area contributed by atoms with Crippen molar-refractivity contribution in [3.63, 3.8) is 0 Å². The molecule has 0 spiro atoms. The van der Waals surface area contributed by atoms with Gasteiger partial charge in [-0.25, -0.2) is 8.42 Å². The summed E-state index contributed by atoms with van der Waals surface area (Å²) in [5, 5.41) is 0. The molecule has 0 radical (unpaired) electrons. The Morgan fingerprint density at radius 1 is 1.75 bits per heavy atom. The van der Waals surface area contributed by atoms with Crippen LogP contribution in [-0.2, 0) is 15.2 Å². The number of thiol groups is 1. The highest BCUT2D eigenvalue weighted by molar-refractivity contribution is 7.67. The van der Waals surface area contributed by atoms with Crippen molar-refractivity contribution in [1.29, 1.82) is 0 Å². The van der Waals surface area contributed by atoms with E-state index in [0.717, 1.165) is 0 Å².